The number of hydrogen-bond donors (Lipinski definition) is 2. The number of nitrogens with one attached hydrogen (secondary N) is 2. The highest BCUT2D eigenvalue weighted by Gasteiger charge is 2.09. The third kappa shape index (κ3) is 5.46. The second kappa shape index (κ2) is 8.39. The topological polar surface area (TPSA) is 94.0 Å². The second-order valence-corrected chi connectivity index (χ2v) is 5.25. The predicted octanol–water partition coefficient (Wildman–Crippen LogP) is 1.63. The number of thiocarbonyl (C=S) groups is 1. The van der Waals surface area contributed by atoms with E-state index in [1.165, 1.54) is 4.80 Å². The number of tetrazole rings is 1. The van der Waals surface area contributed by atoms with Gasteiger partial charge in [0.25, 0.3) is 11.9 Å². The van der Waals surface area contributed by atoms with Crippen LogP contribution in [0, 0.1) is 0 Å². The number of rotatable bonds is 6. The molecule has 10 heteroatoms. The minimum absolute atomic E-state index is 0.0637. The molecule has 2 rings (SSSR count). The molecule has 1 aromatic carbocycles. The van der Waals surface area contributed by atoms with Crippen molar-refractivity contribution in [3.05, 3.63) is 29.3 Å². The van der Waals surface area contributed by atoms with E-state index >= 15 is 0 Å². The number of para-hydroxylation sites is 1. The van der Waals surface area contributed by atoms with E-state index < -0.39 is 5.91 Å². The van der Waals surface area contributed by atoms with Crippen LogP contribution in [-0.2, 0) is 11.3 Å². The summed E-state index contributed by atoms with van der Waals surface area (Å²) in [5.74, 6) is 0.214. The van der Waals surface area contributed by atoms with E-state index in [0.29, 0.717) is 17.3 Å². The van der Waals surface area contributed by atoms with E-state index in [-0.39, 0.29) is 17.7 Å². The fourth-order valence-corrected chi connectivity index (χ4v) is 1.98. The maximum atomic E-state index is 11.8. The molecule has 0 unspecified atom stereocenters. The Bertz CT molecular complexity index is 693. The highest BCUT2D eigenvalue weighted by molar-refractivity contribution is 7.80. The quantitative estimate of drug-likeness (QED) is 0.761. The van der Waals surface area contributed by atoms with Crippen molar-refractivity contribution in [2.24, 2.45) is 0 Å². The maximum Gasteiger partial charge on any atom is 0.269 e. The van der Waals surface area contributed by atoms with Crippen LogP contribution in [0.15, 0.2) is 24.3 Å². The number of nitrogens with zero attached hydrogens (tertiary/aromatic N) is 4. The molecule has 0 atom stereocenters. The summed E-state index contributed by atoms with van der Waals surface area (Å²) in [6, 6.07) is 6.87. The van der Waals surface area contributed by atoms with Crippen LogP contribution >= 0.6 is 23.8 Å². The Labute approximate surface area is 143 Å². The fourth-order valence-electron chi connectivity index (χ4n) is 1.59. The van der Waals surface area contributed by atoms with Gasteiger partial charge in [-0.25, -0.2) is 0 Å². The molecule has 1 amide bonds. The monoisotopic (exact) mass is 354 g/mol. The van der Waals surface area contributed by atoms with E-state index in [2.05, 4.69) is 26.0 Å². The van der Waals surface area contributed by atoms with Gasteiger partial charge in [0.1, 0.15) is 5.75 Å². The van der Waals surface area contributed by atoms with Crippen LogP contribution in [0.25, 0.3) is 0 Å². The highest BCUT2D eigenvalue weighted by atomic mass is 35.5. The number of ether oxygens (including phenoxy) is 1. The van der Waals surface area contributed by atoms with Crippen molar-refractivity contribution in [3.8, 4) is 5.75 Å². The van der Waals surface area contributed by atoms with Crippen molar-refractivity contribution >= 4 is 40.8 Å². The largest absolute Gasteiger partial charge is 0.482 e. The molecule has 122 valence electrons. The summed E-state index contributed by atoms with van der Waals surface area (Å²) >= 11 is 10.9. The molecule has 2 aromatic rings. The van der Waals surface area contributed by atoms with Crippen molar-refractivity contribution in [2.75, 3.05) is 11.9 Å². The van der Waals surface area contributed by atoms with E-state index in [0.717, 1.165) is 6.42 Å². The Hall–Kier alpha value is -2.26. The zero-order valence-corrected chi connectivity index (χ0v) is 13.9. The third-order valence-electron chi connectivity index (χ3n) is 2.55. The smallest absolute Gasteiger partial charge is 0.269 e. The van der Waals surface area contributed by atoms with Crippen LogP contribution in [-0.4, -0.2) is 37.8 Å². The number of aryl methyl sites for hydroxylation is 1. The van der Waals surface area contributed by atoms with Gasteiger partial charge in [-0.15, -0.1) is 5.10 Å². The van der Waals surface area contributed by atoms with Crippen molar-refractivity contribution in [2.45, 2.75) is 19.9 Å². The van der Waals surface area contributed by atoms with Gasteiger partial charge in [0.15, 0.2) is 11.7 Å². The lowest BCUT2D eigenvalue weighted by atomic mass is 10.3. The fraction of sp³-hybridized carbons (Fsp3) is 0.308. The summed E-state index contributed by atoms with van der Waals surface area (Å²) in [7, 11) is 0. The van der Waals surface area contributed by atoms with E-state index in [4.69, 9.17) is 28.6 Å². The highest BCUT2D eigenvalue weighted by Crippen LogP contribution is 2.22. The molecule has 1 aromatic heterocycles. The van der Waals surface area contributed by atoms with Gasteiger partial charge in [0, 0.05) is 0 Å². The van der Waals surface area contributed by atoms with E-state index in [1.807, 2.05) is 6.92 Å². The number of hydrogen-bond acceptors (Lipinski definition) is 6. The van der Waals surface area contributed by atoms with E-state index in [9.17, 15) is 4.79 Å². The van der Waals surface area contributed by atoms with E-state index in [1.54, 1.807) is 24.3 Å². The molecule has 0 aliphatic carbocycles. The van der Waals surface area contributed by atoms with Gasteiger partial charge < -0.3 is 4.74 Å². The molecule has 0 saturated carbocycles. The van der Waals surface area contributed by atoms with Crippen LogP contribution in [0.1, 0.15) is 13.3 Å². The lowest BCUT2D eigenvalue weighted by molar-refractivity contribution is -0.121. The number of benzene rings is 1. The number of halogens is 1. The minimum Gasteiger partial charge on any atom is -0.482 e. The standard InChI is InChI=1S/C13H15ClN6O2S/c1-2-7-20-18-12(17-19-20)16-13(23)15-11(21)8-22-10-6-4-3-5-9(10)14/h3-6H,2,7-8H2,1H3,(H2,15,16,18,21,23). The van der Waals surface area contributed by atoms with Gasteiger partial charge in [0.2, 0.25) is 0 Å². The predicted molar refractivity (Wildman–Crippen MR) is 89.4 cm³/mol. The van der Waals surface area contributed by atoms with Gasteiger partial charge in [-0.1, -0.05) is 35.8 Å². The normalized spacial score (nSPS) is 10.2. The van der Waals surface area contributed by atoms with Gasteiger partial charge in [-0.05, 0) is 36.0 Å². The lowest BCUT2D eigenvalue weighted by Crippen LogP contribution is -2.37. The molecule has 0 aliphatic rings. The Morgan fingerprint density at radius 3 is 2.96 bits per heavy atom. The lowest BCUT2D eigenvalue weighted by Gasteiger charge is -2.09. The first-order valence-corrected chi connectivity index (χ1v) is 7.63. The molecule has 0 fully saturated rings. The molecule has 0 bridgehead atoms. The van der Waals surface area contributed by atoms with Crippen LogP contribution in [0.4, 0.5) is 5.95 Å². The average Bonchev–Trinajstić information content (AvgIpc) is 2.94. The maximum absolute atomic E-state index is 11.8. The SMILES string of the molecule is CCCn1nnc(NC(=S)NC(=O)COc2ccccc2Cl)n1. The van der Waals surface area contributed by atoms with Crippen molar-refractivity contribution in [1.82, 2.24) is 25.5 Å². The first-order valence-electron chi connectivity index (χ1n) is 6.84. The summed E-state index contributed by atoms with van der Waals surface area (Å²) in [6.07, 6.45) is 0.885. The summed E-state index contributed by atoms with van der Waals surface area (Å²) in [5, 5.41) is 17.3. The summed E-state index contributed by atoms with van der Waals surface area (Å²) in [5.41, 5.74) is 0. The molecule has 2 N–H and O–H groups in total. The molecular weight excluding hydrogens is 340 g/mol. The molecule has 0 aliphatic heterocycles. The number of aromatic nitrogens is 4. The van der Waals surface area contributed by atoms with Gasteiger partial charge in [-0.2, -0.15) is 4.80 Å². The Morgan fingerprint density at radius 1 is 1.43 bits per heavy atom. The van der Waals surface area contributed by atoms with Gasteiger partial charge >= 0.3 is 0 Å². The summed E-state index contributed by atoms with van der Waals surface area (Å²) in [4.78, 5) is 13.2. The van der Waals surface area contributed by atoms with Crippen LogP contribution in [0.2, 0.25) is 5.02 Å². The second-order valence-electron chi connectivity index (χ2n) is 4.43. The van der Waals surface area contributed by atoms with Crippen LogP contribution in [0.5, 0.6) is 5.75 Å². The average molecular weight is 355 g/mol. The number of carbonyl (C=O) groups is 1. The van der Waals surface area contributed by atoms with Crippen molar-refractivity contribution < 1.29 is 9.53 Å². The Kier molecular flexibility index (Phi) is 6.24. The third-order valence-corrected chi connectivity index (χ3v) is 3.07. The van der Waals surface area contributed by atoms with Crippen LogP contribution < -0.4 is 15.4 Å². The molecule has 0 saturated heterocycles. The Morgan fingerprint density at radius 2 is 2.22 bits per heavy atom. The zero-order valence-electron chi connectivity index (χ0n) is 12.3. The number of carbonyl (C=O) groups excluding carboxylic acids is 1. The first kappa shape index (κ1) is 17.1. The molecule has 1 heterocycles. The summed E-state index contributed by atoms with van der Waals surface area (Å²) in [6.45, 7) is 2.43. The van der Waals surface area contributed by atoms with Crippen molar-refractivity contribution in [1.29, 1.82) is 0 Å². The molecule has 0 radical (unpaired) electrons. The zero-order chi connectivity index (χ0) is 16.7. The van der Waals surface area contributed by atoms with Crippen molar-refractivity contribution in [3.63, 3.8) is 0 Å². The molecule has 23 heavy (non-hydrogen) atoms. The molecular formula is C13H15ClN6O2S. The Balaban J connectivity index is 1.78. The minimum atomic E-state index is -0.427. The number of amides is 1. The van der Waals surface area contributed by atoms with Crippen LogP contribution in [0.3, 0.4) is 0 Å². The van der Waals surface area contributed by atoms with Gasteiger partial charge in [-0.3, -0.25) is 15.4 Å². The first-order chi connectivity index (χ1) is 11.1. The number of anilines is 1. The van der Waals surface area contributed by atoms with Gasteiger partial charge in [0.05, 0.1) is 11.6 Å². The molecule has 8 nitrogen and oxygen atoms in total. The molecule has 0 spiro atoms. The summed E-state index contributed by atoms with van der Waals surface area (Å²) < 4.78 is 5.31.